The quantitative estimate of drug-likeness (QED) is 0.793. The van der Waals surface area contributed by atoms with Crippen molar-refractivity contribution in [2.45, 2.75) is 30.8 Å². The average Bonchev–Trinajstić information content (AvgIpc) is 2.47. The third-order valence-corrected chi connectivity index (χ3v) is 3.94. The van der Waals surface area contributed by atoms with E-state index in [2.05, 4.69) is 73.1 Å². The first-order chi connectivity index (χ1) is 9.28. The zero-order valence-electron chi connectivity index (χ0n) is 11.6. The van der Waals surface area contributed by atoms with Crippen molar-refractivity contribution in [3.63, 3.8) is 0 Å². The van der Waals surface area contributed by atoms with Gasteiger partial charge in [-0.3, -0.25) is 0 Å². The molecular formula is C17H21NS. The SMILES string of the molecule is CSc1ccc(CNC(C)Cc2ccccc2)cc1. The van der Waals surface area contributed by atoms with E-state index in [9.17, 15) is 0 Å². The van der Waals surface area contributed by atoms with Crippen LogP contribution in [0.5, 0.6) is 0 Å². The number of hydrogen-bond acceptors (Lipinski definition) is 2. The van der Waals surface area contributed by atoms with Crippen molar-refractivity contribution >= 4 is 11.8 Å². The van der Waals surface area contributed by atoms with Crippen LogP contribution in [0.25, 0.3) is 0 Å². The Labute approximate surface area is 120 Å². The van der Waals surface area contributed by atoms with Crippen molar-refractivity contribution in [1.82, 2.24) is 5.32 Å². The summed E-state index contributed by atoms with van der Waals surface area (Å²) in [7, 11) is 0. The fourth-order valence-corrected chi connectivity index (χ4v) is 2.48. The van der Waals surface area contributed by atoms with Gasteiger partial charge in [-0.25, -0.2) is 0 Å². The Bertz CT molecular complexity index is 478. The molecule has 2 rings (SSSR count). The van der Waals surface area contributed by atoms with Crippen LogP contribution in [0.15, 0.2) is 59.5 Å². The third kappa shape index (κ3) is 4.73. The second-order valence-electron chi connectivity index (χ2n) is 4.82. The monoisotopic (exact) mass is 271 g/mol. The summed E-state index contributed by atoms with van der Waals surface area (Å²) in [5, 5.41) is 3.58. The maximum Gasteiger partial charge on any atom is 0.0208 e. The van der Waals surface area contributed by atoms with Crippen molar-refractivity contribution in [2.75, 3.05) is 6.26 Å². The van der Waals surface area contributed by atoms with Crippen LogP contribution in [-0.4, -0.2) is 12.3 Å². The van der Waals surface area contributed by atoms with Crippen LogP contribution in [0, 0.1) is 0 Å². The molecule has 0 saturated heterocycles. The first-order valence-corrected chi connectivity index (χ1v) is 7.90. The van der Waals surface area contributed by atoms with Crippen LogP contribution in [0.2, 0.25) is 0 Å². The highest BCUT2D eigenvalue weighted by molar-refractivity contribution is 7.98. The molecule has 2 heteroatoms. The van der Waals surface area contributed by atoms with Crippen LogP contribution in [0.4, 0.5) is 0 Å². The zero-order chi connectivity index (χ0) is 13.5. The molecule has 0 aliphatic carbocycles. The number of thioether (sulfide) groups is 1. The summed E-state index contributed by atoms with van der Waals surface area (Å²) in [6.45, 7) is 3.17. The predicted octanol–water partition coefficient (Wildman–Crippen LogP) is 4.13. The van der Waals surface area contributed by atoms with E-state index in [0.717, 1.165) is 13.0 Å². The van der Waals surface area contributed by atoms with Gasteiger partial charge in [0.1, 0.15) is 0 Å². The molecule has 0 amide bonds. The zero-order valence-corrected chi connectivity index (χ0v) is 12.4. The van der Waals surface area contributed by atoms with Gasteiger partial charge in [0.2, 0.25) is 0 Å². The molecule has 0 radical (unpaired) electrons. The van der Waals surface area contributed by atoms with Crippen molar-refractivity contribution < 1.29 is 0 Å². The van der Waals surface area contributed by atoms with Gasteiger partial charge in [-0.15, -0.1) is 11.8 Å². The fourth-order valence-electron chi connectivity index (χ4n) is 2.08. The number of benzene rings is 2. The highest BCUT2D eigenvalue weighted by atomic mass is 32.2. The van der Waals surface area contributed by atoms with Crippen molar-refractivity contribution in [3.05, 3.63) is 65.7 Å². The molecular weight excluding hydrogens is 250 g/mol. The summed E-state index contributed by atoms with van der Waals surface area (Å²) >= 11 is 1.78. The van der Waals surface area contributed by atoms with Crippen LogP contribution in [-0.2, 0) is 13.0 Å². The predicted molar refractivity (Wildman–Crippen MR) is 84.7 cm³/mol. The van der Waals surface area contributed by atoms with Crippen molar-refractivity contribution in [2.24, 2.45) is 0 Å². The summed E-state index contributed by atoms with van der Waals surface area (Å²) in [4.78, 5) is 1.32. The summed E-state index contributed by atoms with van der Waals surface area (Å²) < 4.78 is 0. The highest BCUT2D eigenvalue weighted by Crippen LogP contribution is 2.14. The first kappa shape index (κ1) is 14.2. The molecule has 0 aliphatic heterocycles. The molecule has 0 heterocycles. The van der Waals surface area contributed by atoms with Crippen LogP contribution in [0.1, 0.15) is 18.1 Å². The van der Waals surface area contributed by atoms with Gasteiger partial charge in [0.15, 0.2) is 0 Å². The Morgan fingerprint density at radius 1 is 0.947 bits per heavy atom. The van der Waals surface area contributed by atoms with E-state index in [1.165, 1.54) is 16.0 Å². The molecule has 0 saturated carbocycles. The molecule has 0 spiro atoms. The van der Waals surface area contributed by atoms with E-state index in [4.69, 9.17) is 0 Å². The molecule has 19 heavy (non-hydrogen) atoms. The summed E-state index contributed by atoms with van der Waals surface area (Å²) in [6, 6.07) is 19.9. The molecule has 0 bridgehead atoms. The van der Waals surface area contributed by atoms with Gasteiger partial charge in [-0.2, -0.15) is 0 Å². The van der Waals surface area contributed by atoms with Crippen LogP contribution >= 0.6 is 11.8 Å². The van der Waals surface area contributed by atoms with Gasteiger partial charge in [0, 0.05) is 17.5 Å². The van der Waals surface area contributed by atoms with Crippen molar-refractivity contribution in [1.29, 1.82) is 0 Å². The molecule has 0 aliphatic rings. The second kappa shape index (κ2) is 7.37. The van der Waals surface area contributed by atoms with E-state index in [-0.39, 0.29) is 0 Å². The van der Waals surface area contributed by atoms with E-state index < -0.39 is 0 Å². The van der Waals surface area contributed by atoms with Crippen LogP contribution in [0.3, 0.4) is 0 Å². The normalized spacial score (nSPS) is 12.3. The molecule has 2 aromatic rings. The average molecular weight is 271 g/mol. The number of hydrogen-bond donors (Lipinski definition) is 1. The number of nitrogens with one attached hydrogen (secondary N) is 1. The second-order valence-corrected chi connectivity index (χ2v) is 5.70. The minimum absolute atomic E-state index is 0.489. The Morgan fingerprint density at radius 2 is 1.63 bits per heavy atom. The van der Waals surface area contributed by atoms with Crippen molar-refractivity contribution in [3.8, 4) is 0 Å². The van der Waals surface area contributed by atoms with E-state index in [1.54, 1.807) is 11.8 Å². The minimum atomic E-state index is 0.489. The van der Waals surface area contributed by atoms with Gasteiger partial charge in [0.05, 0.1) is 0 Å². The number of rotatable bonds is 6. The lowest BCUT2D eigenvalue weighted by molar-refractivity contribution is 0.545. The summed E-state index contributed by atoms with van der Waals surface area (Å²) in [6.07, 6.45) is 3.18. The van der Waals surface area contributed by atoms with Gasteiger partial charge in [-0.05, 0) is 42.9 Å². The van der Waals surface area contributed by atoms with E-state index in [0.29, 0.717) is 6.04 Å². The lowest BCUT2D eigenvalue weighted by Gasteiger charge is -2.14. The largest absolute Gasteiger partial charge is 0.310 e. The summed E-state index contributed by atoms with van der Waals surface area (Å²) in [5.41, 5.74) is 2.73. The molecule has 2 aromatic carbocycles. The Morgan fingerprint density at radius 3 is 2.26 bits per heavy atom. The molecule has 1 atom stereocenters. The van der Waals surface area contributed by atoms with Crippen LogP contribution < -0.4 is 5.32 Å². The fraction of sp³-hybridized carbons (Fsp3) is 0.294. The lowest BCUT2D eigenvalue weighted by Crippen LogP contribution is -2.27. The first-order valence-electron chi connectivity index (χ1n) is 6.68. The highest BCUT2D eigenvalue weighted by Gasteiger charge is 2.03. The molecule has 1 nitrogen and oxygen atoms in total. The molecule has 1 N–H and O–H groups in total. The Balaban J connectivity index is 1.81. The maximum atomic E-state index is 3.58. The smallest absolute Gasteiger partial charge is 0.0208 e. The van der Waals surface area contributed by atoms with Gasteiger partial charge in [-0.1, -0.05) is 42.5 Å². The van der Waals surface area contributed by atoms with Gasteiger partial charge in [0.25, 0.3) is 0 Å². The molecule has 0 aromatic heterocycles. The van der Waals surface area contributed by atoms with Gasteiger partial charge >= 0.3 is 0 Å². The Kier molecular flexibility index (Phi) is 5.49. The maximum absolute atomic E-state index is 3.58. The van der Waals surface area contributed by atoms with E-state index >= 15 is 0 Å². The topological polar surface area (TPSA) is 12.0 Å². The standard InChI is InChI=1S/C17H21NS/c1-14(12-15-6-4-3-5-7-15)18-13-16-8-10-17(19-2)11-9-16/h3-11,14,18H,12-13H2,1-2H3. The Hall–Kier alpha value is -1.25. The molecule has 0 fully saturated rings. The molecule has 100 valence electrons. The minimum Gasteiger partial charge on any atom is -0.310 e. The van der Waals surface area contributed by atoms with Gasteiger partial charge < -0.3 is 5.32 Å². The summed E-state index contributed by atoms with van der Waals surface area (Å²) in [5.74, 6) is 0. The molecule has 1 unspecified atom stereocenters. The van der Waals surface area contributed by atoms with E-state index in [1.807, 2.05) is 0 Å². The lowest BCUT2D eigenvalue weighted by atomic mass is 10.1. The third-order valence-electron chi connectivity index (χ3n) is 3.20.